The van der Waals surface area contributed by atoms with E-state index in [1.165, 1.54) is 12.8 Å². The van der Waals surface area contributed by atoms with E-state index < -0.39 is 0 Å². The van der Waals surface area contributed by atoms with Gasteiger partial charge in [-0.1, -0.05) is 0 Å². The summed E-state index contributed by atoms with van der Waals surface area (Å²) in [6, 6.07) is 7.19. The van der Waals surface area contributed by atoms with Gasteiger partial charge >= 0.3 is 0 Å². The van der Waals surface area contributed by atoms with Crippen LogP contribution in [-0.2, 0) is 0 Å². The van der Waals surface area contributed by atoms with Crippen molar-refractivity contribution in [3.63, 3.8) is 0 Å². The molecule has 3 rings (SSSR count). The number of nitrogens with one attached hydrogen (secondary N) is 1. The van der Waals surface area contributed by atoms with Crippen LogP contribution in [0.2, 0.25) is 0 Å². The van der Waals surface area contributed by atoms with Crippen molar-refractivity contribution in [3.05, 3.63) is 24.0 Å². The number of anilines is 1. The Bertz CT molecular complexity index is 421. The van der Waals surface area contributed by atoms with Gasteiger partial charge in [-0.2, -0.15) is 5.26 Å². The normalized spacial score (nSPS) is 27.8. The smallest absolute Gasteiger partial charge is 0.142 e. The molecule has 1 N–H and O–H groups in total. The molecule has 4 nitrogen and oxygen atoms in total. The fourth-order valence-electron chi connectivity index (χ4n) is 2.84. The molecule has 2 aliphatic heterocycles. The van der Waals surface area contributed by atoms with Gasteiger partial charge in [0.05, 0.1) is 0 Å². The Morgan fingerprint density at radius 3 is 2.81 bits per heavy atom. The van der Waals surface area contributed by atoms with Crippen LogP contribution in [0.3, 0.4) is 0 Å². The first kappa shape index (κ1) is 9.61. The summed E-state index contributed by atoms with van der Waals surface area (Å²) in [6.45, 7) is 2.11. The van der Waals surface area contributed by atoms with Crippen LogP contribution < -0.4 is 10.2 Å². The molecule has 4 heteroatoms. The zero-order chi connectivity index (χ0) is 11.0. The third-order valence-electron chi connectivity index (χ3n) is 3.54. The van der Waals surface area contributed by atoms with Gasteiger partial charge in [-0.05, 0) is 25.0 Å². The number of nitriles is 1. The fraction of sp³-hybridized carbons (Fsp3) is 0.500. The van der Waals surface area contributed by atoms with Crippen molar-refractivity contribution in [2.45, 2.75) is 24.9 Å². The van der Waals surface area contributed by atoms with E-state index in [0.717, 1.165) is 18.8 Å². The Morgan fingerprint density at radius 1 is 1.38 bits per heavy atom. The summed E-state index contributed by atoms with van der Waals surface area (Å²) in [6.07, 6.45) is 4.24. The van der Waals surface area contributed by atoms with Crippen LogP contribution in [0.25, 0.3) is 0 Å². The van der Waals surface area contributed by atoms with E-state index in [1.807, 2.05) is 12.1 Å². The number of aromatic nitrogens is 1. The van der Waals surface area contributed by atoms with Crippen LogP contribution in [0.1, 0.15) is 18.5 Å². The zero-order valence-electron chi connectivity index (χ0n) is 9.06. The number of piperazine rings is 1. The van der Waals surface area contributed by atoms with Crippen molar-refractivity contribution in [2.75, 3.05) is 18.0 Å². The van der Waals surface area contributed by atoms with Crippen LogP contribution in [-0.4, -0.2) is 30.2 Å². The van der Waals surface area contributed by atoms with Crippen LogP contribution in [0.5, 0.6) is 0 Å². The quantitative estimate of drug-likeness (QED) is 0.754. The lowest BCUT2D eigenvalue weighted by Gasteiger charge is -2.37. The first-order valence-corrected chi connectivity index (χ1v) is 5.73. The third-order valence-corrected chi connectivity index (χ3v) is 3.54. The predicted octanol–water partition coefficient (Wildman–Crippen LogP) is 0.894. The molecule has 2 fully saturated rings. The minimum Gasteiger partial charge on any atom is -0.363 e. The highest BCUT2D eigenvalue weighted by Gasteiger charge is 2.36. The highest BCUT2D eigenvalue weighted by Crippen LogP contribution is 2.32. The molecule has 0 saturated carbocycles. The molecule has 0 aliphatic carbocycles. The summed E-state index contributed by atoms with van der Waals surface area (Å²) in [5, 5.41) is 12.3. The van der Waals surface area contributed by atoms with Crippen molar-refractivity contribution in [1.29, 1.82) is 5.26 Å². The maximum atomic E-state index is 8.86. The van der Waals surface area contributed by atoms with Crippen LogP contribution in [0, 0.1) is 11.3 Å². The van der Waals surface area contributed by atoms with Gasteiger partial charge in [0.15, 0.2) is 0 Å². The molecule has 2 atom stereocenters. The number of pyridine rings is 1. The van der Waals surface area contributed by atoms with Crippen LogP contribution in [0.15, 0.2) is 18.3 Å². The average Bonchev–Trinajstić information content (AvgIpc) is 2.59. The molecule has 1 aromatic heterocycles. The highest BCUT2D eigenvalue weighted by molar-refractivity contribution is 5.52. The van der Waals surface area contributed by atoms with E-state index >= 15 is 0 Å². The number of hydrogen-bond acceptors (Lipinski definition) is 4. The molecule has 2 saturated heterocycles. The molecule has 2 unspecified atom stereocenters. The van der Waals surface area contributed by atoms with Crippen molar-refractivity contribution in [2.24, 2.45) is 0 Å². The lowest BCUT2D eigenvalue weighted by Crippen LogP contribution is -2.52. The summed E-state index contributed by atoms with van der Waals surface area (Å²) in [4.78, 5) is 6.48. The van der Waals surface area contributed by atoms with E-state index in [9.17, 15) is 0 Å². The first-order chi connectivity index (χ1) is 7.88. The Labute approximate surface area is 94.9 Å². The molecule has 0 spiro atoms. The van der Waals surface area contributed by atoms with Crippen molar-refractivity contribution >= 4 is 5.69 Å². The van der Waals surface area contributed by atoms with Crippen molar-refractivity contribution in [3.8, 4) is 6.07 Å². The Morgan fingerprint density at radius 2 is 2.12 bits per heavy atom. The maximum absolute atomic E-state index is 8.86. The van der Waals surface area contributed by atoms with Gasteiger partial charge in [0.1, 0.15) is 11.8 Å². The molecule has 0 radical (unpaired) electrons. The summed E-state index contributed by atoms with van der Waals surface area (Å²) >= 11 is 0. The topological polar surface area (TPSA) is 52.0 Å². The lowest BCUT2D eigenvalue weighted by atomic mass is 10.2. The van der Waals surface area contributed by atoms with Crippen molar-refractivity contribution < 1.29 is 0 Å². The van der Waals surface area contributed by atoms with Gasteiger partial charge in [0.2, 0.25) is 0 Å². The van der Waals surface area contributed by atoms with Crippen LogP contribution in [0.4, 0.5) is 5.69 Å². The minimum atomic E-state index is 0.510. The molecular formula is C12H14N4. The summed E-state index contributed by atoms with van der Waals surface area (Å²) in [5.41, 5.74) is 1.66. The fourth-order valence-corrected chi connectivity index (χ4v) is 2.84. The Hall–Kier alpha value is -1.60. The van der Waals surface area contributed by atoms with Gasteiger partial charge in [-0.3, -0.25) is 0 Å². The second-order valence-electron chi connectivity index (χ2n) is 4.46. The Kier molecular flexibility index (Phi) is 2.26. The second-order valence-corrected chi connectivity index (χ2v) is 4.46. The van der Waals surface area contributed by atoms with Gasteiger partial charge in [0, 0.05) is 37.1 Å². The number of fused-ring (bicyclic) bond motifs is 2. The monoisotopic (exact) mass is 214 g/mol. The second kappa shape index (κ2) is 3.76. The van der Waals surface area contributed by atoms with E-state index in [4.69, 9.17) is 5.26 Å². The SMILES string of the molecule is N#Cc1cc(N2C3CCC2CNC3)ccn1. The summed E-state index contributed by atoms with van der Waals surface area (Å²) < 4.78 is 0. The Balaban J connectivity index is 1.94. The molecule has 82 valence electrons. The van der Waals surface area contributed by atoms with Gasteiger partial charge in [-0.25, -0.2) is 4.98 Å². The molecule has 0 amide bonds. The van der Waals surface area contributed by atoms with Crippen LogP contribution >= 0.6 is 0 Å². The van der Waals surface area contributed by atoms with E-state index in [0.29, 0.717) is 17.8 Å². The van der Waals surface area contributed by atoms with Gasteiger partial charge in [-0.15, -0.1) is 0 Å². The summed E-state index contributed by atoms with van der Waals surface area (Å²) in [5.74, 6) is 0. The average molecular weight is 214 g/mol. The molecule has 3 heterocycles. The van der Waals surface area contributed by atoms with Crippen molar-refractivity contribution in [1.82, 2.24) is 10.3 Å². The first-order valence-electron chi connectivity index (χ1n) is 5.73. The molecule has 2 bridgehead atoms. The summed E-state index contributed by atoms with van der Waals surface area (Å²) in [7, 11) is 0. The minimum absolute atomic E-state index is 0.510. The third kappa shape index (κ3) is 1.44. The zero-order valence-corrected chi connectivity index (χ0v) is 9.06. The van der Waals surface area contributed by atoms with Gasteiger partial charge in [0.25, 0.3) is 0 Å². The van der Waals surface area contributed by atoms with E-state index in [2.05, 4.69) is 21.3 Å². The number of hydrogen-bond donors (Lipinski definition) is 1. The molecule has 2 aliphatic rings. The van der Waals surface area contributed by atoms with E-state index in [-0.39, 0.29) is 0 Å². The maximum Gasteiger partial charge on any atom is 0.142 e. The van der Waals surface area contributed by atoms with E-state index in [1.54, 1.807) is 6.20 Å². The molecular weight excluding hydrogens is 200 g/mol. The highest BCUT2D eigenvalue weighted by atomic mass is 15.3. The molecule has 1 aromatic rings. The largest absolute Gasteiger partial charge is 0.363 e. The standard InChI is InChI=1S/C12H14N4/c13-6-9-5-10(3-4-15-9)16-11-1-2-12(16)8-14-7-11/h3-5,11-12,14H,1-2,7-8H2. The molecule has 0 aromatic carbocycles. The lowest BCUT2D eigenvalue weighted by molar-refractivity contribution is 0.485. The molecule has 16 heavy (non-hydrogen) atoms. The predicted molar refractivity (Wildman–Crippen MR) is 61.1 cm³/mol. The number of nitrogens with zero attached hydrogens (tertiary/aromatic N) is 3. The van der Waals surface area contributed by atoms with Gasteiger partial charge < -0.3 is 10.2 Å². The number of rotatable bonds is 1.